The van der Waals surface area contributed by atoms with Crippen LogP contribution in [0.2, 0.25) is 0 Å². The molecule has 0 saturated carbocycles. The first-order chi connectivity index (χ1) is 66.0. The maximum absolute atomic E-state index is 12.1. The quantitative estimate of drug-likeness (QED) is 0.0436. The molecule has 0 unspecified atom stereocenters. The van der Waals surface area contributed by atoms with Crippen molar-refractivity contribution in [2.75, 3.05) is 489 Å². The van der Waals surface area contributed by atoms with Crippen LogP contribution in [0.5, 0.6) is 0 Å². The van der Waals surface area contributed by atoms with Gasteiger partial charge in [0.25, 0.3) is 0 Å². The predicted octanol–water partition coefficient (Wildman–Crippen LogP) is 4.21. The molecule has 2 fully saturated rings. The molecule has 0 bridgehead atoms. The number of aliphatic carboxylic acids is 1. The van der Waals surface area contributed by atoms with Crippen LogP contribution in [0.4, 0.5) is 0 Å². The molecule has 48 heteroatoms. The normalized spacial score (nSPS) is 13.5. The highest BCUT2D eigenvalue weighted by Gasteiger charge is 2.54. The van der Waals surface area contributed by atoms with Gasteiger partial charge in [-0.25, -0.2) is 0 Å². The Hall–Kier alpha value is -0.930. The summed E-state index contributed by atoms with van der Waals surface area (Å²) in [6.07, 6.45) is 2.61. The third kappa shape index (κ3) is 101. The molecular formula is C85H164N2O40S6. The third-order valence-electron chi connectivity index (χ3n) is 16.8. The minimum Gasteiger partial charge on any atom is -0.481 e. The van der Waals surface area contributed by atoms with Crippen LogP contribution in [0.3, 0.4) is 0 Å². The first kappa shape index (κ1) is 128. The highest BCUT2D eigenvalue weighted by molar-refractivity contribution is 9.14. The zero-order chi connectivity index (χ0) is 94.7. The molecule has 0 aromatic rings. The van der Waals surface area contributed by atoms with Gasteiger partial charge in [-0.05, 0) is 34.4 Å². The molecule has 2 rings (SSSR count). The molecule has 2 amide bonds. The Morgan fingerprint density at radius 2 is 0.376 bits per heavy atom. The van der Waals surface area contributed by atoms with E-state index in [-0.39, 0.29) is 32.0 Å². The Labute approximate surface area is 813 Å². The number of carboxylic acids is 1. The first-order valence-corrected chi connectivity index (χ1v) is 53.0. The maximum Gasteiger partial charge on any atom is 0.308 e. The summed E-state index contributed by atoms with van der Waals surface area (Å²) in [4.78, 5) is 36.1. The predicted molar refractivity (Wildman–Crippen MR) is 503 cm³/mol. The molecule has 0 radical (unpaired) electrons. The lowest BCUT2D eigenvalue weighted by Gasteiger charge is -2.27. The van der Waals surface area contributed by atoms with Gasteiger partial charge in [0.15, 0.2) is 2.74 Å². The zero-order valence-corrected chi connectivity index (χ0v) is 84.0. The molecule has 3 N–H and O–H groups in total. The van der Waals surface area contributed by atoms with Crippen LogP contribution in [0, 0.1) is 5.92 Å². The standard InChI is InChI=1S/C85H164N2O40S6/c1-92-12-13-96-20-21-100-28-29-104-36-37-108-44-45-112-52-53-113-49-47-110-42-39-106-34-31-102-26-23-98-18-15-94-10-6-82(89)87-8-11-95-16-19-99-24-27-103-32-35-107-40-43-111-48-51-115-55-57-117-59-61-119-63-65-121-67-69-123-71-73-125-75-77-127-79-78-126-76-74-124-72-70-122-68-66-120-64-62-118-60-58-116-56-54-114-50-46-109-41-38-105-33-30-101-25-22-97-17-14-93-9-5-81(88)86-7-3-2-4-80(83(90)91)84-128-130-85(131-129-84)132-133-85/h80,84H,2-79H2,1H3,(H,86,88)(H,87,89)(H,90,91)/t80-/m0/s1. The largest absolute Gasteiger partial charge is 0.481 e. The summed E-state index contributed by atoms with van der Waals surface area (Å²) in [7, 11) is 12.2. The van der Waals surface area contributed by atoms with Crippen molar-refractivity contribution in [1.29, 1.82) is 0 Å². The number of carbonyl (C=O) groups is 3. The zero-order valence-electron chi connectivity index (χ0n) is 79.1. The second kappa shape index (κ2) is 110. The van der Waals surface area contributed by atoms with Crippen LogP contribution in [0.1, 0.15) is 32.1 Å². The lowest BCUT2D eigenvalue weighted by Crippen LogP contribution is -2.28. The summed E-state index contributed by atoms with van der Waals surface area (Å²) in [5, 5.41) is 15.4. The van der Waals surface area contributed by atoms with Crippen LogP contribution in [-0.2, 0) is 185 Å². The van der Waals surface area contributed by atoms with E-state index in [0.717, 1.165) is 12.8 Å². The van der Waals surface area contributed by atoms with E-state index in [9.17, 15) is 19.5 Å². The van der Waals surface area contributed by atoms with Crippen molar-refractivity contribution < 1.29 is 190 Å². The molecule has 0 aromatic carbocycles. The van der Waals surface area contributed by atoms with Gasteiger partial charge < -0.3 is 186 Å². The number of methoxy groups -OCH3 is 1. The minimum absolute atomic E-state index is 0.0324. The maximum atomic E-state index is 12.1. The molecule has 1 spiro atoms. The number of unbranched alkanes of at least 4 members (excludes halogenated alkanes) is 1. The Kier molecular flexibility index (Phi) is 106. The van der Waals surface area contributed by atoms with E-state index in [4.69, 9.17) is 171 Å². The average molecular weight is 2050 g/mol. The third-order valence-corrected chi connectivity index (χ3v) is 30.7. The van der Waals surface area contributed by atoms with E-state index < -0.39 is 11.9 Å². The number of carbonyl (C=O) groups excluding carboxylic acids is 2. The van der Waals surface area contributed by atoms with E-state index in [1.54, 1.807) is 50.3 Å². The van der Waals surface area contributed by atoms with Crippen LogP contribution in [0.15, 0.2) is 0 Å². The number of hydrogen-bond acceptors (Lipinski definition) is 45. The number of carboxylic acid groups (broad SMARTS) is 1. The Morgan fingerprint density at radius 1 is 0.218 bits per heavy atom. The van der Waals surface area contributed by atoms with Gasteiger partial charge in [0.05, 0.1) is 480 Å². The molecule has 2 aliphatic heterocycles. The topological polar surface area (TPSA) is 428 Å². The van der Waals surface area contributed by atoms with Crippen molar-refractivity contribution >= 4 is 82.5 Å². The fourth-order valence-corrected chi connectivity index (χ4v) is 23.8. The molecule has 1 atom stereocenters. The summed E-state index contributed by atoms with van der Waals surface area (Å²) in [6.45, 7) is 33.6. The first-order valence-electron chi connectivity index (χ1n) is 46.5. The van der Waals surface area contributed by atoms with Gasteiger partial charge in [0.1, 0.15) is 0 Å². The van der Waals surface area contributed by atoms with E-state index in [1.165, 1.54) is 0 Å². The van der Waals surface area contributed by atoms with Crippen molar-refractivity contribution in [1.82, 2.24) is 10.6 Å². The van der Waals surface area contributed by atoms with Crippen LogP contribution >= 0.6 is 64.8 Å². The fraction of sp³-hybridized carbons (Fsp3) is 0.965. The number of amides is 2. The number of nitrogens with one attached hydrogen (secondary N) is 2. The van der Waals surface area contributed by atoms with Crippen LogP contribution in [0.25, 0.3) is 0 Å². The molecule has 0 aromatic heterocycles. The number of rotatable bonds is 118. The van der Waals surface area contributed by atoms with E-state index in [0.29, 0.717) is 489 Å². The molecule has 2 aliphatic rings. The minimum atomic E-state index is -0.748. The summed E-state index contributed by atoms with van der Waals surface area (Å²) >= 11 is 0. The van der Waals surface area contributed by atoms with Crippen molar-refractivity contribution in [2.24, 2.45) is 5.92 Å². The van der Waals surface area contributed by atoms with Gasteiger partial charge in [-0.3, -0.25) is 14.4 Å². The molecule has 2 heterocycles. The van der Waals surface area contributed by atoms with Crippen molar-refractivity contribution in [3.63, 3.8) is 0 Å². The molecule has 133 heavy (non-hydrogen) atoms. The SMILES string of the molecule is COCCOCCOCCOCCOCCOCCOCCOCCOCCOCCOCCOCCC(=O)NCCOCCOCCOCCOCCOCCOCCOCCOCCOCCOCCOCCOCCOCCOCCOCCOCCOCCOCCOCCOCCOCCOCCOCCOCCC(=O)NCCCC[C@@H](C(=O)O)C1SSC2(SS1)SS2. The lowest BCUT2D eigenvalue weighted by molar-refractivity contribution is -0.141. The van der Waals surface area contributed by atoms with Crippen molar-refractivity contribution in [2.45, 2.75) is 39.4 Å². The highest BCUT2D eigenvalue weighted by Crippen LogP contribution is 2.84. The summed E-state index contributed by atoms with van der Waals surface area (Å²) in [6, 6.07) is 0. The monoisotopic (exact) mass is 2040 g/mol. The van der Waals surface area contributed by atoms with Gasteiger partial charge in [-0.1, -0.05) is 49.6 Å². The number of hydrogen-bond donors (Lipinski definition) is 3. The molecule has 0 aliphatic carbocycles. The van der Waals surface area contributed by atoms with Crippen molar-refractivity contribution in [3.05, 3.63) is 0 Å². The Bertz CT molecular complexity index is 2340. The Morgan fingerprint density at radius 3 is 0.541 bits per heavy atom. The van der Waals surface area contributed by atoms with Gasteiger partial charge in [0, 0.05) is 33.0 Å². The lowest BCUT2D eigenvalue weighted by atomic mass is 10.0. The molecule has 42 nitrogen and oxygen atoms in total. The highest BCUT2D eigenvalue weighted by atomic mass is 33.2. The van der Waals surface area contributed by atoms with Crippen molar-refractivity contribution in [3.8, 4) is 0 Å². The van der Waals surface area contributed by atoms with E-state index in [2.05, 4.69) is 10.6 Å². The molecule has 790 valence electrons. The molecular weight excluding hydrogens is 1880 g/mol. The van der Waals surface area contributed by atoms with Crippen LogP contribution < -0.4 is 10.6 Å². The van der Waals surface area contributed by atoms with E-state index in [1.807, 2.05) is 21.6 Å². The fourth-order valence-electron chi connectivity index (χ4n) is 9.93. The number of ether oxygens (including phenoxy) is 36. The summed E-state index contributed by atoms with van der Waals surface area (Å²) < 4.78 is 198. The van der Waals surface area contributed by atoms with Gasteiger partial charge >= 0.3 is 5.97 Å². The molecule has 2 saturated heterocycles. The van der Waals surface area contributed by atoms with E-state index >= 15 is 0 Å². The average Bonchev–Trinajstić information content (AvgIpc) is 1.64. The van der Waals surface area contributed by atoms with Crippen LogP contribution in [-0.4, -0.2) is 520 Å². The summed E-state index contributed by atoms with van der Waals surface area (Å²) in [5.74, 6) is -1.33. The van der Waals surface area contributed by atoms with Gasteiger partial charge in [-0.15, -0.1) is 0 Å². The Balaban J connectivity index is 1.09. The smallest absolute Gasteiger partial charge is 0.308 e. The second-order valence-electron chi connectivity index (χ2n) is 27.5. The summed E-state index contributed by atoms with van der Waals surface area (Å²) in [5.41, 5.74) is 0. The second-order valence-corrected chi connectivity index (χ2v) is 37.0. The van der Waals surface area contributed by atoms with Gasteiger partial charge in [0.2, 0.25) is 11.8 Å². The van der Waals surface area contributed by atoms with Gasteiger partial charge in [-0.2, -0.15) is 0 Å².